The van der Waals surface area contributed by atoms with E-state index in [2.05, 4.69) is 29.8 Å². The van der Waals surface area contributed by atoms with Crippen molar-refractivity contribution in [3.63, 3.8) is 0 Å². The van der Waals surface area contributed by atoms with Gasteiger partial charge in [0.25, 0.3) is 5.91 Å². The van der Waals surface area contributed by atoms with Crippen molar-refractivity contribution in [3.8, 4) is 0 Å². The van der Waals surface area contributed by atoms with Crippen LogP contribution in [-0.4, -0.2) is 89.7 Å². The Kier molecular flexibility index (Phi) is 12.3. The highest BCUT2D eigenvalue weighted by Crippen LogP contribution is 2.65. The molecule has 1 aliphatic heterocycles. The molecule has 1 heterocycles. The zero-order valence-corrected chi connectivity index (χ0v) is 29.7. The number of hydrogen-bond donors (Lipinski definition) is 3. The van der Waals surface area contributed by atoms with E-state index < -0.39 is 59.2 Å². The number of alkyl carbamates (subject to hydrolysis) is 1. The molecule has 3 fully saturated rings. The number of ketones is 1. The first-order valence-electron chi connectivity index (χ1n) is 17.0. The molecular weight excluding hydrogens is 608 g/mol. The van der Waals surface area contributed by atoms with Gasteiger partial charge < -0.3 is 35.1 Å². The zero-order chi connectivity index (χ0) is 35.3. The molecule has 0 radical (unpaired) electrons. The van der Waals surface area contributed by atoms with Gasteiger partial charge in [-0.2, -0.15) is 0 Å². The first kappa shape index (κ1) is 38.1. The minimum Gasteiger partial charge on any atom is -0.444 e. The number of rotatable bonds is 12. The van der Waals surface area contributed by atoms with Crippen molar-refractivity contribution in [2.45, 2.75) is 137 Å². The van der Waals surface area contributed by atoms with Crippen molar-refractivity contribution < 1.29 is 43.0 Å². The fourth-order valence-electron chi connectivity index (χ4n) is 6.91. The second-order valence-electron chi connectivity index (χ2n) is 15.7. The molecule has 266 valence electrons. The number of nitrogens with zero attached hydrogens (tertiary/aromatic N) is 1. The minimum atomic E-state index is -1.11. The summed E-state index contributed by atoms with van der Waals surface area (Å²) in [6.45, 7) is 16.3. The number of hydrogen-bond acceptors (Lipinski definition) is 9. The van der Waals surface area contributed by atoms with Gasteiger partial charge in [0, 0.05) is 6.54 Å². The highest BCUT2D eigenvalue weighted by atomic mass is 16.7. The molecule has 0 aromatic heterocycles. The number of fused-ring (bicyclic) bond motifs is 1. The molecule has 3 aliphatic rings. The lowest BCUT2D eigenvalue weighted by Crippen LogP contribution is -2.60. The lowest BCUT2D eigenvalue weighted by molar-refractivity contribution is -0.145. The third-order valence-electron chi connectivity index (χ3n) is 9.25. The first-order valence-corrected chi connectivity index (χ1v) is 17.0. The van der Waals surface area contributed by atoms with Gasteiger partial charge >= 0.3 is 12.2 Å². The molecule has 3 N–H and O–H groups in total. The van der Waals surface area contributed by atoms with Gasteiger partial charge in [-0.1, -0.05) is 46.5 Å². The van der Waals surface area contributed by atoms with Crippen LogP contribution in [0.4, 0.5) is 9.59 Å². The number of carbonyl (C=O) groups is 6. The van der Waals surface area contributed by atoms with Crippen LogP contribution in [0, 0.1) is 23.2 Å². The Morgan fingerprint density at radius 3 is 2.09 bits per heavy atom. The maximum atomic E-state index is 14.3. The molecule has 13 heteroatoms. The summed E-state index contributed by atoms with van der Waals surface area (Å²) >= 11 is 0. The molecule has 0 aromatic carbocycles. The van der Waals surface area contributed by atoms with Crippen LogP contribution < -0.4 is 16.0 Å². The fraction of sp³-hybridized carbons (Fsp3) is 0.824. The second-order valence-corrected chi connectivity index (χ2v) is 15.7. The smallest absolute Gasteiger partial charge is 0.444 e. The Balaban J connectivity index is 1.71. The van der Waals surface area contributed by atoms with Gasteiger partial charge in [0.2, 0.25) is 17.6 Å². The normalized spacial score (nSPS) is 23.4. The Hall–Kier alpha value is -3.38. The Morgan fingerprint density at radius 1 is 0.894 bits per heavy atom. The molecule has 5 atom stereocenters. The Bertz CT molecular complexity index is 1180. The summed E-state index contributed by atoms with van der Waals surface area (Å²) in [5, 5.41) is 8.06. The molecule has 1 saturated heterocycles. The van der Waals surface area contributed by atoms with Gasteiger partial charge in [-0.05, 0) is 84.0 Å². The van der Waals surface area contributed by atoms with Crippen LogP contribution >= 0.6 is 0 Å². The third-order valence-corrected chi connectivity index (χ3v) is 9.25. The van der Waals surface area contributed by atoms with Crippen molar-refractivity contribution in [1.82, 2.24) is 20.9 Å². The van der Waals surface area contributed by atoms with Crippen molar-refractivity contribution >= 4 is 35.8 Å². The highest BCUT2D eigenvalue weighted by Gasteiger charge is 2.69. The van der Waals surface area contributed by atoms with E-state index >= 15 is 0 Å². The van der Waals surface area contributed by atoms with Crippen LogP contribution in [0.25, 0.3) is 0 Å². The van der Waals surface area contributed by atoms with Crippen LogP contribution in [0.1, 0.15) is 107 Å². The van der Waals surface area contributed by atoms with Gasteiger partial charge in [0.15, 0.2) is 0 Å². The summed E-state index contributed by atoms with van der Waals surface area (Å²) in [6, 6.07) is -2.81. The van der Waals surface area contributed by atoms with Gasteiger partial charge in [0.1, 0.15) is 29.9 Å². The fourth-order valence-corrected chi connectivity index (χ4v) is 6.91. The number of carbonyl (C=O) groups excluding carboxylic acids is 6. The maximum Gasteiger partial charge on any atom is 0.508 e. The van der Waals surface area contributed by atoms with Gasteiger partial charge in [-0.3, -0.25) is 19.2 Å². The molecule has 2 aliphatic carbocycles. The molecule has 13 nitrogen and oxygen atoms in total. The molecule has 5 unspecified atom stereocenters. The van der Waals surface area contributed by atoms with E-state index in [9.17, 15) is 28.8 Å². The van der Waals surface area contributed by atoms with E-state index in [1.54, 1.807) is 46.4 Å². The summed E-state index contributed by atoms with van der Waals surface area (Å²) < 4.78 is 15.5. The van der Waals surface area contributed by atoms with E-state index in [4.69, 9.17) is 14.2 Å². The number of amides is 4. The van der Waals surface area contributed by atoms with Crippen LogP contribution in [0.2, 0.25) is 0 Å². The largest absolute Gasteiger partial charge is 0.508 e. The molecular formula is C34H56N4O9. The number of Topliss-reactive ketones (excluding diaryl/α,β-unsaturated/α-hetero) is 1. The minimum absolute atomic E-state index is 0.0873. The van der Waals surface area contributed by atoms with Gasteiger partial charge in [-0.25, -0.2) is 9.59 Å². The Labute approximate surface area is 278 Å². The van der Waals surface area contributed by atoms with E-state index in [0.717, 1.165) is 32.1 Å². The molecule has 2 saturated carbocycles. The second kappa shape index (κ2) is 15.2. The van der Waals surface area contributed by atoms with Crippen molar-refractivity contribution in [2.24, 2.45) is 23.2 Å². The molecule has 0 spiro atoms. The number of nitrogens with one attached hydrogen (secondary N) is 3. The van der Waals surface area contributed by atoms with E-state index in [-0.39, 0.29) is 48.6 Å². The van der Waals surface area contributed by atoms with Gasteiger partial charge in [0.05, 0.1) is 12.6 Å². The molecule has 4 amide bonds. The van der Waals surface area contributed by atoms with Crippen molar-refractivity contribution in [2.75, 3.05) is 19.7 Å². The zero-order valence-electron chi connectivity index (χ0n) is 29.7. The predicted molar refractivity (Wildman–Crippen MR) is 173 cm³/mol. The van der Waals surface area contributed by atoms with E-state index in [1.165, 1.54) is 0 Å². The van der Waals surface area contributed by atoms with Crippen LogP contribution in [0.5, 0.6) is 0 Å². The van der Waals surface area contributed by atoms with Crippen LogP contribution in [0.15, 0.2) is 0 Å². The van der Waals surface area contributed by atoms with E-state index in [1.807, 2.05) is 6.92 Å². The van der Waals surface area contributed by atoms with Gasteiger partial charge in [-0.15, -0.1) is 0 Å². The van der Waals surface area contributed by atoms with Crippen LogP contribution in [0.3, 0.4) is 0 Å². The maximum absolute atomic E-state index is 14.3. The molecule has 3 rings (SSSR count). The van der Waals surface area contributed by atoms with Crippen molar-refractivity contribution in [1.29, 1.82) is 0 Å². The molecule has 0 aromatic rings. The monoisotopic (exact) mass is 664 g/mol. The molecule has 47 heavy (non-hydrogen) atoms. The highest BCUT2D eigenvalue weighted by molar-refractivity contribution is 6.38. The summed E-state index contributed by atoms with van der Waals surface area (Å²) in [6.07, 6.45) is 3.68. The number of likely N-dealkylation sites (tertiary alicyclic amines) is 1. The lowest BCUT2D eigenvalue weighted by Gasteiger charge is -2.37. The Morgan fingerprint density at radius 2 is 1.51 bits per heavy atom. The SMILES string of the molecule is CCCC(NC(=O)C1C2C(CN1C(=O)C(NC(=O)OC(C)(C)C)C1CCCCC1)C2(C)C)C(=O)C(=O)NCCOC(=O)OC(C)(C)C. The standard InChI is InChI=1S/C34H56N4O9/c1-10-14-22(26(39)28(41)35-17-18-45-31(44)47-33(5,6)7)36-27(40)25-23-21(34(23,8)9)19-38(25)29(42)24(20-15-12-11-13-16-20)37-30(43)46-32(2,3)4/h20-25H,10-19H2,1-9H3,(H,35,41)(H,36,40)(H,37,43). The number of ether oxygens (including phenoxy) is 3. The topological polar surface area (TPSA) is 169 Å². The number of piperidine rings is 1. The average molecular weight is 665 g/mol. The van der Waals surface area contributed by atoms with E-state index in [0.29, 0.717) is 13.0 Å². The van der Waals surface area contributed by atoms with Crippen LogP contribution in [-0.2, 0) is 33.4 Å². The average Bonchev–Trinajstić information content (AvgIpc) is 3.26. The lowest BCUT2D eigenvalue weighted by atomic mass is 9.83. The first-order chi connectivity index (χ1) is 21.8. The summed E-state index contributed by atoms with van der Waals surface area (Å²) in [7, 11) is 0. The third kappa shape index (κ3) is 10.3. The summed E-state index contributed by atoms with van der Waals surface area (Å²) in [4.78, 5) is 80.4. The van der Waals surface area contributed by atoms with Crippen molar-refractivity contribution in [3.05, 3.63) is 0 Å². The summed E-state index contributed by atoms with van der Waals surface area (Å²) in [5.41, 5.74) is -1.67. The summed E-state index contributed by atoms with van der Waals surface area (Å²) in [5.74, 6) is -2.70. The molecule has 0 bridgehead atoms. The quantitative estimate of drug-likeness (QED) is 0.159. The predicted octanol–water partition coefficient (Wildman–Crippen LogP) is 3.86.